The zero-order valence-corrected chi connectivity index (χ0v) is 12.1. The second-order valence-electron chi connectivity index (χ2n) is 4.36. The molecule has 2 unspecified atom stereocenters. The molecule has 0 radical (unpaired) electrons. The summed E-state index contributed by atoms with van der Waals surface area (Å²) in [5, 5.41) is 2.95. The highest BCUT2D eigenvalue weighted by molar-refractivity contribution is 7.51. The van der Waals surface area contributed by atoms with E-state index in [4.69, 9.17) is 19.3 Å². The molecule has 0 saturated heterocycles. The van der Waals surface area contributed by atoms with Gasteiger partial charge in [-0.05, 0) is 18.6 Å². The Bertz CT molecular complexity index is 625. The van der Waals surface area contributed by atoms with Crippen molar-refractivity contribution in [3.63, 3.8) is 0 Å². The maximum absolute atomic E-state index is 11.2. The summed E-state index contributed by atoms with van der Waals surface area (Å²) in [6.07, 6.45) is 3.15. The Hall–Kier alpha value is -1.51. The second-order valence-corrected chi connectivity index (χ2v) is 5.94. The summed E-state index contributed by atoms with van der Waals surface area (Å²) < 4.78 is 21.0. The number of nitrogens with zero attached hydrogens (tertiary/aromatic N) is 1. The van der Waals surface area contributed by atoms with Crippen molar-refractivity contribution in [2.24, 2.45) is 0 Å². The number of rotatable bonds is 6. The molecule has 1 aliphatic rings. The van der Waals surface area contributed by atoms with Crippen molar-refractivity contribution in [1.82, 2.24) is 9.97 Å². The summed E-state index contributed by atoms with van der Waals surface area (Å²) >= 11 is 0. The molecular weight excluding hydrogens is 301 g/mol. The van der Waals surface area contributed by atoms with E-state index in [1.54, 1.807) is 6.08 Å². The van der Waals surface area contributed by atoms with Crippen molar-refractivity contribution < 1.29 is 23.8 Å². The summed E-state index contributed by atoms with van der Waals surface area (Å²) in [5.41, 5.74) is 0.331. The molecule has 0 aromatic carbocycles. The molecule has 1 aliphatic heterocycles. The van der Waals surface area contributed by atoms with Gasteiger partial charge in [0.15, 0.2) is 18.9 Å². The van der Waals surface area contributed by atoms with Crippen molar-refractivity contribution in [2.75, 3.05) is 11.7 Å². The number of aromatic nitrogens is 2. The molecule has 10 heteroatoms. The molecule has 0 spiro atoms. The molecule has 116 valence electrons. The number of hydrogen-bond donors (Lipinski definition) is 4. The topological polar surface area (TPSA) is 134 Å². The van der Waals surface area contributed by atoms with E-state index < -0.39 is 32.2 Å². The molecule has 0 aliphatic carbocycles. The van der Waals surface area contributed by atoms with E-state index in [1.807, 2.05) is 6.92 Å². The maximum Gasteiger partial charge on any atom is 0.351 e. The van der Waals surface area contributed by atoms with Gasteiger partial charge in [0.1, 0.15) is 5.82 Å². The van der Waals surface area contributed by atoms with Crippen molar-refractivity contribution in [1.29, 1.82) is 0 Å². The monoisotopic (exact) mass is 317 g/mol. The lowest BCUT2D eigenvalue weighted by Gasteiger charge is -2.18. The second kappa shape index (κ2) is 6.50. The van der Waals surface area contributed by atoms with Crippen LogP contribution in [0.2, 0.25) is 0 Å². The van der Waals surface area contributed by atoms with Crippen LogP contribution in [0.3, 0.4) is 0 Å². The van der Waals surface area contributed by atoms with Gasteiger partial charge in [-0.25, -0.2) is 9.78 Å². The van der Waals surface area contributed by atoms with Crippen molar-refractivity contribution in [3.05, 3.63) is 34.4 Å². The first-order chi connectivity index (χ1) is 9.87. The zero-order chi connectivity index (χ0) is 15.5. The lowest BCUT2D eigenvalue weighted by Crippen LogP contribution is -2.25. The van der Waals surface area contributed by atoms with Crippen LogP contribution in [0.25, 0.3) is 0 Å². The number of aromatic amines is 1. The highest BCUT2D eigenvalue weighted by atomic mass is 31.2. The van der Waals surface area contributed by atoms with E-state index in [-0.39, 0.29) is 0 Å². The lowest BCUT2D eigenvalue weighted by molar-refractivity contribution is -0.101. The Morgan fingerprint density at radius 2 is 2.29 bits per heavy atom. The van der Waals surface area contributed by atoms with Gasteiger partial charge in [0.2, 0.25) is 0 Å². The number of anilines is 1. The largest absolute Gasteiger partial charge is 0.351 e. The van der Waals surface area contributed by atoms with E-state index in [0.29, 0.717) is 12.2 Å². The van der Waals surface area contributed by atoms with Gasteiger partial charge in [-0.15, -0.1) is 0 Å². The van der Waals surface area contributed by atoms with Crippen LogP contribution in [0.5, 0.6) is 0 Å². The average molecular weight is 317 g/mol. The first kappa shape index (κ1) is 15.9. The van der Waals surface area contributed by atoms with Crippen LogP contribution in [0.4, 0.5) is 5.82 Å². The normalized spacial score (nSPS) is 21.7. The summed E-state index contributed by atoms with van der Waals surface area (Å²) in [6, 6.07) is 0. The Morgan fingerprint density at radius 3 is 2.95 bits per heavy atom. The summed E-state index contributed by atoms with van der Waals surface area (Å²) in [6.45, 7) is 1.91. The molecule has 0 amide bonds. The first-order valence-corrected chi connectivity index (χ1v) is 8.02. The number of nitrogens with one attached hydrogen (secondary N) is 2. The molecule has 2 atom stereocenters. The molecule has 1 aromatic rings. The summed E-state index contributed by atoms with van der Waals surface area (Å²) in [5.74, 6) is 0.489. The van der Waals surface area contributed by atoms with Gasteiger partial charge in [0.05, 0.1) is 0 Å². The summed E-state index contributed by atoms with van der Waals surface area (Å²) in [7, 11) is -4.24. The minimum atomic E-state index is -4.24. The fourth-order valence-corrected chi connectivity index (χ4v) is 2.08. The predicted molar refractivity (Wildman–Crippen MR) is 73.7 cm³/mol. The van der Waals surface area contributed by atoms with E-state index in [1.165, 1.54) is 12.3 Å². The van der Waals surface area contributed by atoms with Crippen LogP contribution in [-0.4, -0.2) is 38.6 Å². The molecular formula is C11H16N3O6P. The van der Waals surface area contributed by atoms with Crippen LogP contribution in [0, 0.1) is 0 Å². The van der Waals surface area contributed by atoms with Crippen LogP contribution in [0.1, 0.15) is 12.5 Å². The molecule has 9 nitrogen and oxygen atoms in total. The Morgan fingerprint density at radius 1 is 1.52 bits per heavy atom. The highest BCUT2D eigenvalue weighted by Gasteiger charge is 2.23. The fraction of sp³-hybridized carbons (Fsp3) is 0.455. The van der Waals surface area contributed by atoms with E-state index >= 15 is 0 Å². The predicted octanol–water partition coefficient (Wildman–Crippen LogP) is 0.135. The smallest absolute Gasteiger partial charge is 0.343 e. The van der Waals surface area contributed by atoms with Crippen LogP contribution in [-0.2, 0) is 20.5 Å². The third kappa shape index (κ3) is 4.76. The number of ether oxygens (including phenoxy) is 2. The van der Waals surface area contributed by atoms with Crippen molar-refractivity contribution >= 4 is 13.4 Å². The molecule has 2 heterocycles. The minimum Gasteiger partial charge on any atom is -0.343 e. The van der Waals surface area contributed by atoms with Gasteiger partial charge in [-0.1, -0.05) is 6.92 Å². The number of hydrogen-bond acceptors (Lipinski definition) is 6. The van der Waals surface area contributed by atoms with Gasteiger partial charge in [0, 0.05) is 11.8 Å². The zero-order valence-electron chi connectivity index (χ0n) is 11.2. The Labute approximate surface area is 120 Å². The standard InChI is InChI=1S/C11H16N3O6P/c1-2-7-5-12-11(15)14-10(7)13-8-3-4-9(20-8)19-6-21(16,17)18/h3-5,8-9H,2,6H2,1H3,(H2,16,17,18)(H2,12,13,14,15). The number of aryl methyl sites for hydroxylation is 1. The molecule has 21 heavy (non-hydrogen) atoms. The third-order valence-corrected chi connectivity index (χ3v) is 3.17. The quantitative estimate of drug-likeness (QED) is 0.430. The Kier molecular flexibility index (Phi) is 4.92. The van der Waals surface area contributed by atoms with Gasteiger partial charge in [-0.3, -0.25) is 9.55 Å². The van der Waals surface area contributed by atoms with Crippen LogP contribution >= 0.6 is 7.60 Å². The SMILES string of the molecule is CCc1cnc(=O)[nH]c1NC1C=CC(OCP(=O)(O)O)O1. The van der Waals surface area contributed by atoms with Gasteiger partial charge >= 0.3 is 13.3 Å². The van der Waals surface area contributed by atoms with E-state index in [0.717, 1.165) is 5.56 Å². The summed E-state index contributed by atoms with van der Waals surface area (Å²) in [4.78, 5) is 34.9. The molecule has 1 aromatic heterocycles. The van der Waals surface area contributed by atoms with E-state index in [2.05, 4.69) is 15.3 Å². The van der Waals surface area contributed by atoms with Crippen molar-refractivity contribution in [2.45, 2.75) is 25.9 Å². The fourth-order valence-electron chi connectivity index (χ4n) is 1.73. The molecule has 4 N–H and O–H groups in total. The molecule has 0 saturated carbocycles. The minimum absolute atomic E-state index is 0.481. The molecule has 0 bridgehead atoms. The number of H-pyrrole nitrogens is 1. The van der Waals surface area contributed by atoms with Gasteiger partial charge < -0.3 is 24.6 Å². The van der Waals surface area contributed by atoms with Gasteiger partial charge in [-0.2, -0.15) is 0 Å². The third-order valence-electron chi connectivity index (χ3n) is 2.69. The van der Waals surface area contributed by atoms with E-state index in [9.17, 15) is 9.36 Å². The molecule has 2 rings (SSSR count). The molecule has 0 fully saturated rings. The van der Waals surface area contributed by atoms with Crippen molar-refractivity contribution in [3.8, 4) is 0 Å². The van der Waals surface area contributed by atoms with Gasteiger partial charge in [0.25, 0.3) is 0 Å². The highest BCUT2D eigenvalue weighted by Crippen LogP contribution is 2.35. The van der Waals surface area contributed by atoms with Crippen LogP contribution < -0.4 is 11.0 Å². The Balaban J connectivity index is 1.94. The van der Waals surface area contributed by atoms with Crippen LogP contribution in [0.15, 0.2) is 23.1 Å². The lowest BCUT2D eigenvalue weighted by atomic mass is 10.2. The maximum atomic E-state index is 11.2. The first-order valence-electron chi connectivity index (χ1n) is 6.22. The average Bonchev–Trinajstić information content (AvgIpc) is 2.84.